The maximum absolute atomic E-state index is 9.39. The largest absolute Gasteiger partial charge is 0.393 e. The number of aliphatic hydroxyl groups excluding tert-OH is 1. The summed E-state index contributed by atoms with van der Waals surface area (Å²) in [5.74, 6) is 0.731. The van der Waals surface area contributed by atoms with Crippen LogP contribution in [0, 0.1) is 5.41 Å². The van der Waals surface area contributed by atoms with Crippen LogP contribution < -0.4 is 0 Å². The Bertz CT molecular complexity index is 375. The van der Waals surface area contributed by atoms with Gasteiger partial charge in [-0.3, -0.25) is 0 Å². The van der Waals surface area contributed by atoms with Gasteiger partial charge in [0.25, 0.3) is 0 Å². The molecule has 2 rings (SSSR count). The minimum atomic E-state index is -0.246. The quantitative estimate of drug-likeness (QED) is 0.843. The summed E-state index contributed by atoms with van der Waals surface area (Å²) in [5.41, 5.74) is 3.22. The fourth-order valence-electron chi connectivity index (χ4n) is 3.25. The third kappa shape index (κ3) is 3.58. The standard InChI is InChI=1S/C17H26O/c1-13(18)11-14-6-8-15(9-7-14)16-5-4-10-17(2,3)12-16/h6-9,13,16,18H,4-5,10-12H2,1-3H3. The zero-order valence-electron chi connectivity index (χ0n) is 11.9. The monoisotopic (exact) mass is 246 g/mol. The number of hydrogen-bond acceptors (Lipinski definition) is 1. The lowest BCUT2D eigenvalue weighted by molar-refractivity contribution is 0.195. The van der Waals surface area contributed by atoms with Gasteiger partial charge in [0, 0.05) is 0 Å². The van der Waals surface area contributed by atoms with Crippen molar-refractivity contribution in [3.8, 4) is 0 Å². The van der Waals surface area contributed by atoms with Crippen molar-refractivity contribution in [3.05, 3.63) is 35.4 Å². The van der Waals surface area contributed by atoms with E-state index in [1.54, 1.807) is 0 Å². The van der Waals surface area contributed by atoms with Gasteiger partial charge in [0.2, 0.25) is 0 Å². The molecule has 0 heterocycles. The minimum Gasteiger partial charge on any atom is -0.393 e. The van der Waals surface area contributed by atoms with Gasteiger partial charge in [-0.05, 0) is 55.1 Å². The van der Waals surface area contributed by atoms with Gasteiger partial charge in [-0.1, -0.05) is 44.5 Å². The van der Waals surface area contributed by atoms with Gasteiger partial charge >= 0.3 is 0 Å². The Morgan fingerprint density at radius 3 is 2.50 bits per heavy atom. The molecule has 0 radical (unpaired) electrons. The molecular formula is C17H26O. The molecule has 2 unspecified atom stereocenters. The molecule has 0 aromatic heterocycles. The lowest BCUT2D eigenvalue weighted by Crippen LogP contribution is -2.21. The molecule has 2 atom stereocenters. The molecule has 1 aromatic rings. The van der Waals surface area contributed by atoms with E-state index in [0.29, 0.717) is 5.41 Å². The van der Waals surface area contributed by atoms with Crippen molar-refractivity contribution in [2.75, 3.05) is 0 Å². The highest BCUT2D eigenvalue weighted by Gasteiger charge is 2.28. The molecule has 0 aliphatic heterocycles. The van der Waals surface area contributed by atoms with Crippen molar-refractivity contribution in [1.29, 1.82) is 0 Å². The maximum atomic E-state index is 9.39. The first kappa shape index (κ1) is 13.6. The Kier molecular flexibility index (Phi) is 4.11. The van der Waals surface area contributed by atoms with Crippen molar-refractivity contribution in [2.45, 2.75) is 64.9 Å². The predicted octanol–water partition coefficient (Wildman–Crippen LogP) is 4.29. The Morgan fingerprint density at radius 2 is 1.94 bits per heavy atom. The summed E-state index contributed by atoms with van der Waals surface area (Å²) in [6.07, 6.45) is 5.87. The summed E-state index contributed by atoms with van der Waals surface area (Å²) >= 11 is 0. The van der Waals surface area contributed by atoms with E-state index in [2.05, 4.69) is 38.1 Å². The third-order valence-electron chi connectivity index (χ3n) is 4.19. The second kappa shape index (κ2) is 5.44. The molecule has 1 aliphatic rings. The third-order valence-corrected chi connectivity index (χ3v) is 4.19. The average molecular weight is 246 g/mol. The van der Waals surface area contributed by atoms with Crippen molar-refractivity contribution in [2.24, 2.45) is 5.41 Å². The molecule has 1 nitrogen and oxygen atoms in total. The first-order chi connectivity index (χ1) is 8.46. The van der Waals surface area contributed by atoms with Crippen LogP contribution in [0.15, 0.2) is 24.3 Å². The molecule has 0 spiro atoms. The fraction of sp³-hybridized carbons (Fsp3) is 0.647. The van der Waals surface area contributed by atoms with E-state index in [9.17, 15) is 5.11 Å². The topological polar surface area (TPSA) is 20.2 Å². The molecule has 1 N–H and O–H groups in total. The smallest absolute Gasteiger partial charge is 0.0552 e. The van der Waals surface area contributed by atoms with Gasteiger partial charge in [-0.15, -0.1) is 0 Å². The molecule has 0 bridgehead atoms. The van der Waals surface area contributed by atoms with Crippen LogP contribution in [-0.4, -0.2) is 11.2 Å². The van der Waals surface area contributed by atoms with E-state index < -0.39 is 0 Å². The van der Waals surface area contributed by atoms with Gasteiger partial charge in [0.15, 0.2) is 0 Å². The fourth-order valence-corrected chi connectivity index (χ4v) is 3.25. The highest BCUT2D eigenvalue weighted by molar-refractivity contribution is 5.26. The number of aliphatic hydroxyl groups is 1. The number of rotatable bonds is 3. The summed E-state index contributed by atoms with van der Waals surface area (Å²) in [4.78, 5) is 0. The zero-order chi connectivity index (χ0) is 13.2. The first-order valence-corrected chi connectivity index (χ1v) is 7.23. The normalized spacial score (nSPS) is 24.8. The van der Waals surface area contributed by atoms with Crippen LogP contribution in [0.3, 0.4) is 0 Å². The second-order valence-electron chi connectivity index (χ2n) is 6.75. The van der Waals surface area contributed by atoms with Gasteiger partial charge < -0.3 is 5.11 Å². The van der Waals surface area contributed by atoms with Gasteiger partial charge in [-0.2, -0.15) is 0 Å². The van der Waals surface area contributed by atoms with Crippen molar-refractivity contribution in [3.63, 3.8) is 0 Å². The highest BCUT2D eigenvalue weighted by Crippen LogP contribution is 2.43. The van der Waals surface area contributed by atoms with Crippen LogP contribution in [0.2, 0.25) is 0 Å². The molecule has 1 heteroatoms. The predicted molar refractivity (Wildman–Crippen MR) is 76.8 cm³/mol. The minimum absolute atomic E-state index is 0.246. The number of hydrogen-bond donors (Lipinski definition) is 1. The Labute approximate surface area is 111 Å². The highest BCUT2D eigenvalue weighted by atomic mass is 16.3. The van der Waals surface area contributed by atoms with Crippen LogP contribution in [0.5, 0.6) is 0 Å². The lowest BCUT2D eigenvalue weighted by atomic mass is 9.70. The molecule has 0 amide bonds. The summed E-state index contributed by atoms with van der Waals surface area (Å²) in [6, 6.07) is 8.90. The van der Waals surface area contributed by atoms with Gasteiger partial charge in [0.05, 0.1) is 6.10 Å². The molecule has 1 fully saturated rings. The Morgan fingerprint density at radius 1 is 1.28 bits per heavy atom. The van der Waals surface area contributed by atoms with Crippen molar-refractivity contribution < 1.29 is 5.11 Å². The van der Waals surface area contributed by atoms with E-state index in [0.717, 1.165) is 12.3 Å². The van der Waals surface area contributed by atoms with Crippen LogP contribution in [0.4, 0.5) is 0 Å². The van der Waals surface area contributed by atoms with Gasteiger partial charge in [-0.25, -0.2) is 0 Å². The van der Waals surface area contributed by atoms with E-state index in [4.69, 9.17) is 0 Å². The van der Waals surface area contributed by atoms with E-state index in [1.165, 1.54) is 36.8 Å². The average Bonchev–Trinajstić information content (AvgIpc) is 2.28. The van der Waals surface area contributed by atoms with Crippen LogP contribution in [0.1, 0.15) is 63.5 Å². The van der Waals surface area contributed by atoms with E-state index >= 15 is 0 Å². The lowest BCUT2D eigenvalue weighted by Gasteiger charge is -2.35. The Balaban J connectivity index is 2.05. The molecule has 1 saturated carbocycles. The van der Waals surface area contributed by atoms with Crippen LogP contribution in [-0.2, 0) is 6.42 Å². The summed E-state index contributed by atoms with van der Waals surface area (Å²) < 4.78 is 0. The van der Waals surface area contributed by atoms with Crippen molar-refractivity contribution in [1.82, 2.24) is 0 Å². The van der Waals surface area contributed by atoms with Crippen LogP contribution >= 0.6 is 0 Å². The molecule has 1 aromatic carbocycles. The molecule has 1 aliphatic carbocycles. The van der Waals surface area contributed by atoms with Gasteiger partial charge in [0.1, 0.15) is 0 Å². The summed E-state index contributed by atoms with van der Waals surface area (Å²) in [7, 11) is 0. The van der Waals surface area contributed by atoms with E-state index in [-0.39, 0.29) is 6.10 Å². The summed E-state index contributed by atoms with van der Waals surface area (Å²) in [6.45, 7) is 6.62. The molecule has 0 saturated heterocycles. The zero-order valence-corrected chi connectivity index (χ0v) is 11.9. The second-order valence-corrected chi connectivity index (χ2v) is 6.75. The van der Waals surface area contributed by atoms with E-state index in [1.807, 2.05) is 6.92 Å². The SMILES string of the molecule is CC(O)Cc1ccc(C2CCCC(C)(C)C2)cc1. The maximum Gasteiger partial charge on any atom is 0.0552 e. The van der Waals surface area contributed by atoms with Crippen molar-refractivity contribution >= 4 is 0 Å². The summed E-state index contributed by atoms with van der Waals surface area (Å²) in [5, 5.41) is 9.39. The molecule has 18 heavy (non-hydrogen) atoms. The molecular weight excluding hydrogens is 220 g/mol. The van der Waals surface area contributed by atoms with Crippen LogP contribution in [0.25, 0.3) is 0 Å². The number of benzene rings is 1. The Hall–Kier alpha value is -0.820. The molecule has 100 valence electrons. The first-order valence-electron chi connectivity index (χ1n) is 7.23.